The van der Waals surface area contributed by atoms with Crippen molar-refractivity contribution in [3.05, 3.63) is 50.3 Å². The molecule has 0 saturated carbocycles. The predicted molar refractivity (Wildman–Crippen MR) is 87.8 cm³/mol. The average Bonchev–Trinajstić information content (AvgIpc) is 3.03. The number of aromatic nitrogens is 2. The zero-order valence-corrected chi connectivity index (χ0v) is 13.8. The Morgan fingerprint density at radius 3 is 3.17 bits per heavy atom. The van der Waals surface area contributed by atoms with Crippen molar-refractivity contribution in [2.24, 2.45) is 0 Å². The molecule has 0 spiro atoms. The number of H-pyrrole nitrogens is 1. The minimum atomic E-state index is -0.152. The van der Waals surface area contributed by atoms with Crippen LogP contribution in [0.4, 0.5) is 0 Å². The summed E-state index contributed by atoms with van der Waals surface area (Å²) in [6, 6.07) is 5.32. The topological polar surface area (TPSA) is 75.3 Å². The van der Waals surface area contributed by atoms with Gasteiger partial charge in [0.15, 0.2) is 0 Å². The molecule has 0 unspecified atom stereocenters. The molecule has 1 aliphatic heterocycles. The van der Waals surface area contributed by atoms with Gasteiger partial charge >= 0.3 is 0 Å². The fraction of sp³-hybridized carbons (Fsp3) is 0.438. The Balaban J connectivity index is 1.72. The SMILES string of the molecule is COCc1ccc(C(=O)N2CCC[C@@H](c3cc(=O)[nH]cn3)C2)s1. The molecule has 2 aromatic rings. The first-order chi connectivity index (χ1) is 11.2. The van der Waals surface area contributed by atoms with Crippen LogP contribution in [0.3, 0.4) is 0 Å². The monoisotopic (exact) mass is 333 g/mol. The molecule has 7 heteroatoms. The largest absolute Gasteiger partial charge is 0.379 e. The van der Waals surface area contributed by atoms with E-state index in [0.717, 1.165) is 34.8 Å². The Hall–Kier alpha value is -1.99. The molecule has 1 amide bonds. The summed E-state index contributed by atoms with van der Waals surface area (Å²) >= 11 is 1.47. The fourth-order valence-corrected chi connectivity index (χ4v) is 3.83. The highest BCUT2D eigenvalue weighted by Crippen LogP contribution is 2.27. The highest BCUT2D eigenvalue weighted by atomic mass is 32.1. The van der Waals surface area contributed by atoms with Gasteiger partial charge in [-0.25, -0.2) is 4.98 Å². The van der Waals surface area contributed by atoms with Crippen LogP contribution >= 0.6 is 11.3 Å². The standard InChI is InChI=1S/C16H19N3O3S/c1-22-9-12-4-5-14(23-12)16(21)19-6-2-3-11(8-19)13-7-15(20)18-10-17-13/h4-5,7,10-11H,2-3,6,8-9H2,1H3,(H,17,18,20)/t11-/m1/s1. The Morgan fingerprint density at radius 2 is 2.39 bits per heavy atom. The summed E-state index contributed by atoms with van der Waals surface area (Å²) in [5.74, 6) is 0.167. The van der Waals surface area contributed by atoms with Gasteiger partial charge in [0.1, 0.15) is 0 Å². The van der Waals surface area contributed by atoms with E-state index in [1.54, 1.807) is 7.11 Å². The number of thiophene rings is 1. The maximum Gasteiger partial charge on any atom is 0.263 e. The molecular weight excluding hydrogens is 314 g/mol. The lowest BCUT2D eigenvalue weighted by molar-refractivity contribution is 0.0711. The summed E-state index contributed by atoms with van der Waals surface area (Å²) in [6.45, 7) is 1.88. The van der Waals surface area contributed by atoms with Gasteiger partial charge in [-0.05, 0) is 25.0 Å². The number of hydrogen-bond donors (Lipinski definition) is 1. The number of hydrogen-bond acceptors (Lipinski definition) is 5. The van der Waals surface area contributed by atoms with Gasteiger partial charge in [-0.2, -0.15) is 0 Å². The second-order valence-corrected chi connectivity index (χ2v) is 6.79. The van der Waals surface area contributed by atoms with Crippen molar-refractivity contribution in [2.45, 2.75) is 25.4 Å². The molecule has 0 aromatic carbocycles. The molecule has 1 N–H and O–H groups in total. The van der Waals surface area contributed by atoms with Gasteiger partial charge < -0.3 is 14.6 Å². The zero-order valence-electron chi connectivity index (χ0n) is 12.9. The molecule has 6 nitrogen and oxygen atoms in total. The van der Waals surface area contributed by atoms with Gasteiger partial charge in [0.05, 0.1) is 23.5 Å². The Kier molecular flexibility index (Phi) is 4.88. The van der Waals surface area contributed by atoms with E-state index in [0.29, 0.717) is 13.2 Å². The predicted octanol–water partition coefficient (Wildman–Crippen LogP) is 2.00. The third-order valence-corrected chi connectivity index (χ3v) is 5.03. The summed E-state index contributed by atoms with van der Waals surface area (Å²) in [5.41, 5.74) is 0.610. The highest BCUT2D eigenvalue weighted by molar-refractivity contribution is 7.14. The Morgan fingerprint density at radius 1 is 1.52 bits per heavy atom. The number of rotatable bonds is 4. The second-order valence-electron chi connectivity index (χ2n) is 5.63. The van der Waals surface area contributed by atoms with Crippen LogP contribution < -0.4 is 5.56 Å². The quantitative estimate of drug-likeness (QED) is 0.928. The van der Waals surface area contributed by atoms with E-state index in [-0.39, 0.29) is 17.4 Å². The van der Waals surface area contributed by atoms with E-state index in [1.807, 2.05) is 17.0 Å². The van der Waals surface area contributed by atoms with Crippen molar-refractivity contribution in [1.29, 1.82) is 0 Å². The van der Waals surface area contributed by atoms with Crippen LogP contribution in [-0.2, 0) is 11.3 Å². The van der Waals surface area contributed by atoms with Crippen LogP contribution in [0.15, 0.2) is 29.3 Å². The van der Waals surface area contributed by atoms with E-state index in [1.165, 1.54) is 23.7 Å². The van der Waals surface area contributed by atoms with Gasteiger partial charge in [0, 0.05) is 37.1 Å². The second kappa shape index (κ2) is 7.06. The lowest BCUT2D eigenvalue weighted by Gasteiger charge is -2.32. The van der Waals surface area contributed by atoms with Crippen molar-refractivity contribution >= 4 is 17.2 Å². The summed E-state index contributed by atoms with van der Waals surface area (Å²) in [5, 5.41) is 0. The van der Waals surface area contributed by atoms with Gasteiger partial charge in [-0.15, -0.1) is 11.3 Å². The number of carbonyl (C=O) groups is 1. The van der Waals surface area contributed by atoms with E-state index < -0.39 is 0 Å². The molecule has 0 radical (unpaired) electrons. The van der Waals surface area contributed by atoms with Crippen molar-refractivity contribution in [1.82, 2.24) is 14.9 Å². The first-order valence-corrected chi connectivity index (χ1v) is 8.40. The molecule has 122 valence electrons. The van der Waals surface area contributed by atoms with Crippen LogP contribution in [0.25, 0.3) is 0 Å². The molecule has 2 aromatic heterocycles. The number of ether oxygens (including phenoxy) is 1. The van der Waals surface area contributed by atoms with Crippen molar-refractivity contribution in [3.63, 3.8) is 0 Å². The minimum absolute atomic E-state index is 0.0480. The lowest BCUT2D eigenvalue weighted by Crippen LogP contribution is -2.39. The smallest absolute Gasteiger partial charge is 0.263 e. The molecule has 1 aliphatic rings. The van der Waals surface area contributed by atoms with E-state index in [2.05, 4.69) is 9.97 Å². The fourth-order valence-electron chi connectivity index (χ4n) is 2.88. The van der Waals surface area contributed by atoms with Gasteiger partial charge in [0.2, 0.25) is 0 Å². The maximum atomic E-state index is 12.7. The minimum Gasteiger partial charge on any atom is -0.379 e. The summed E-state index contributed by atoms with van der Waals surface area (Å²) in [6.07, 6.45) is 3.29. The van der Waals surface area contributed by atoms with Crippen molar-refractivity contribution in [2.75, 3.05) is 20.2 Å². The number of amides is 1. The van der Waals surface area contributed by atoms with E-state index >= 15 is 0 Å². The van der Waals surface area contributed by atoms with Crippen molar-refractivity contribution < 1.29 is 9.53 Å². The third kappa shape index (κ3) is 3.68. The number of nitrogens with one attached hydrogen (secondary N) is 1. The molecule has 3 rings (SSSR count). The summed E-state index contributed by atoms with van der Waals surface area (Å²) < 4.78 is 5.10. The Labute approximate surface area is 138 Å². The molecule has 3 heterocycles. The first kappa shape index (κ1) is 15.9. The molecular formula is C16H19N3O3S. The Bertz CT molecular complexity index is 740. The van der Waals surface area contributed by atoms with Crippen LogP contribution in [0.1, 0.15) is 39.0 Å². The molecule has 0 bridgehead atoms. The molecule has 23 heavy (non-hydrogen) atoms. The molecule has 0 aliphatic carbocycles. The van der Waals surface area contributed by atoms with Crippen LogP contribution in [0.2, 0.25) is 0 Å². The van der Waals surface area contributed by atoms with Gasteiger partial charge in [-0.3, -0.25) is 9.59 Å². The normalized spacial score (nSPS) is 18.1. The molecule has 1 fully saturated rings. The summed E-state index contributed by atoms with van der Waals surface area (Å²) in [4.78, 5) is 34.5. The number of piperidine rings is 1. The van der Waals surface area contributed by atoms with E-state index in [9.17, 15) is 9.59 Å². The van der Waals surface area contributed by atoms with Gasteiger partial charge in [0.25, 0.3) is 11.5 Å². The molecule has 1 atom stereocenters. The first-order valence-electron chi connectivity index (χ1n) is 7.59. The summed E-state index contributed by atoms with van der Waals surface area (Å²) in [7, 11) is 1.64. The van der Waals surface area contributed by atoms with Crippen LogP contribution in [0, 0.1) is 0 Å². The van der Waals surface area contributed by atoms with Crippen LogP contribution in [0.5, 0.6) is 0 Å². The van der Waals surface area contributed by atoms with Gasteiger partial charge in [-0.1, -0.05) is 0 Å². The number of methoxy groups -OCH3 is 1. The van der Waals surface area contributed by atoms with E-state index in [4.69, 9.17) is 4.74 Å². The zero-order chi connectivity index (χ0) is 16.2. The maximum absolute atomic E-state index is 12.7. The number of likely N-dealkylation sites (tertiary alicyclic amines) is 1. The number of carbonyl (C=O) groups excluding carboxylic acids is 1. The van der Waals surface area contributed by atoms with Crippen molar-refractivity contribution in [3.8, 4) is 0 Å². The highest BCUT2D eigenvalue weighted by Gasteiger charge is 2.27. The molecule has 1 saturated heterocycles. The third-order valence-electron chi connectivity index (χ3n) is 3.99. The lowest BCUT2D eigenvalue weighted by atomic mass is 9.94. The van der Waals surface area contributed by atoms with Crippen LogP contribution in [-0.4, -0.2) is 41.0 Å². The average molecular weight is 333 g/mol. The number of nitrogens with zero attached hydrogens (tertiary/aromatic N) is 2. The number of aromatic amines is 1.